The van der Waals surface area contributed by atoms with Crippen LogP contribution >= 0.6 is 15.9 Å². The lowest BCUT2D eigenvalue weighted by molar-refractivity contribution is 0.220. The number of phenolic OH excluding ortho intramolecular Hbond substituents is 1. The molecule has 2 nitrogen and oxygen atoms in total. The van der Waals surface area contributed by atoms with Crippen molar-refractivity contribution in [2.45, 2.75) is 27.3 Å². The van der Waals surface area contributed by atoms with Crippen LogP contribution in [-0.2, 0) is 6.54 Å². The topological polar surface area (TPSA) is 23.5 Å². The van der Waals surface area contributed by atoms with Crippen LogP contribution < -0.4 is 0 Å². The van der Waals surface area contributed by atoms with Crippen LogP contribution in [0.4, 0.5) is 0 Å². The van der Waals surface area contributed by atoms with Crippen molar-refractivity contribution in [3.05, 3.63) is 28.2 Å². The van der Waals surface area contributed by atoms with Gasteiger partial charge in [0.2, 0.25) is 0 Å². The van der Waals surface area contributed by atoms with Gasteiger partial charge in [-0.25, -0.2) is 0 Å². The summed E-state index contributed by atoms with van der Waals surface area (Å²) in [5.74, 6) is 0.294. The highest BCUT2D eigenvalue weighted by Gasteiger charge is 2.13. The number of hydrogen-bond donors (Lipinski definition) is 1. The second-order valence-electron chi connectivity index (χ2n) is 5.52. The molecule has 16 heavy (non-hydrogen) atoms. The highest BCUT2D eigenvalue weighted by molar-refractivity contribution is 9.10. The van der Waals surface area contributed by atoms with Crippen LogP contribution in [0.3, 0.4) is 0 Å². The van der Waals surface area contributed by atoms with E-state index in [0.717, 1.165) is 17.6 Å². The second kappa shape index (κ2) is 5.19. The standard InChI is InChI=1S/C13H20BrNO/c1-13(2,3)9-15(4)8-10-5-6-12(16)11(14)7-10/h5-7,16H,8-9H2,1-4H3. The molecule has 0 saturated carbocycles. The monoisotopic (exact) mass is 285 g/mol. The van der Waals surface area contributed by atoms with Crippen molar-refractivity contribution >= 4 is 15.9 Å². The molecule has 0 atom stereocenters. The van der Waals surface area contributed by atoms with Gasteiger partial charge in [-0.3, -0.25) is 0 Å². The lowest BCUT2D eigenvalue weighted by atomic mass is 9.96. The fourth-order valence-corrected chi connectivity index (χ4v) is 2.25. The Morgan fingerprint density at radius 3 is 2.44 bits per heavy atom. The van der Waals surface area contributed by atoms with E-state index in [0.29, 0.717) is 11.2 Å². The highest BCUT2D eigenvalue weighted by Crippen LogP contribution is 2.25. The van der Waals surface area contributed by atoms with Gasteiger partial charge in [-0.1, -0.05) is 26.8 Å². The van der Waals surface area contributed by atoms with E-state index in [9.17, 15) is 5.11 Å². The van der Waals surface area contributed by atoms with Crippen LogP contribution in [0.2, 0.25) is 0 Å². The summed E-state index contributed by atoms with van der Waals surface area (Å²) in [4.78, 5) is 2.29. The molecule has 0 spiro atoms. The first-order valence-corrected chi connectivity index (χ1v) is 6.23. The Hall–Kier alpha value is -0.540. The van der Waals surface area contributed by atoms with Gasteiger partial charge in [0.15, 0.2) is 0 Å². The van der Waals surface area contributed by atoms with E-state index in [-0.39, 0.29) is 0 Å². The largest absolute Gasteiger partial charge is 0.507 e. The third-order valence-electron chi connectivity index (χ3n) is 2.21. The third-order valence-corrected chi connectivity index (χ3v) is 2.84. The minimum atomic E-state index is 0.294. The van der Waals surface area contributed by atoms with E-state index in [2.05, 4.69) is 48.6 Å². The zero-order chi connectivity index (χ0) is 12.3. The zero-order valence-electron chi connectivity index (χ0n) is 10.4. The molecule has 0 radical (unpaired) electrons. The lowest BCUT2D eigenvalue weighted by Gasteiger charge is -2.26. The molecule has 1 rings (SSSR count). The summed E-state index contributed by atoms with van der Waals surface area (Å²) in [5, 5.41) is 9.40. The lowest BCUT2D eigenvalue weighted by Crippen LogP contribution is -2.28. The van der Waals surface area contributed by atoms with Crippen molar-refractivity contribution in [2.75, 3.05) is 13.6 Å². The van der Waals surface area contributed by atoms with Gasteiger partial charge < -0.3 is 10.0 Å². The van der Waals surface area contributed by atoms with Gasteiger partial charge in [-0.2, -0.15) is 0 Å². The minimum Gasteiger partial charge on any atom is -0.507 e. The van der Waals surface area contributed by atoms with E-state index in [4.69, 9.17) is 0 Å². The number of nitrogens with zero attached hydrogens (tertiary/aromatic N) is 1. The van der Waals surface area contributed by atoms with E-state index < -0.39 is 0 Å². The van der Waals surface area contributed by atoms with Gasteiger partial charge in [-0.15, -0.1) is 0 Å². The Bertz CT molecular complexity index is 357. The van der Waals surface area contributed by atoms with Crippen molar-refractivity contribution in [1.29, 1.82) is 0 Å². The molecule has 0 saturated heterocycles. The van der Waals surface area contributed by atoms with Gasteiger partial charge in [0.05, 0.1) is 4.47 Å². The summed E-state index contributed by atoms with van der Waals surface area (Å²) < 4.78 is 0.758. The Labute approximate surface area is 106 Å². The Morgan fingerprint density at radius 2 is 1.94 bits per heavy atom. The maximum absolute atomic E-state index is 9.40. The van der Waals surface area contributed by atoms with Crippen LogP contribution in [-0.4, -0.2) is 23.6 Å². The smallest absolute Gasteiger partial charge is 0.129 e. The summed E-state index contributed by atoms with van der Waals surface area (Å²) >= 11 is 3.33. The van der Waals surface area contributed by atoms with Crippen molar-refractivity contribution in [1.82, 2.24) is 4.90 Å². The average molecular weight is 286 g/mol. The van der Waals surface area contributed by atoms with Crippen molar-refractivity contribution in [2.24, 2.45) is 5.41 Å². The molecule has 1 aromatic carbocycles. The molecule has 0 amide bonds. The van der Waals surface area contributed by atoms with Crippen LogP contribution in [0.1, 0.15) is 26.3 Å². The molecule has 0 fully saturated rings. The van der Waals surface area contributed by atoms with Gasteiger partial charge in [0.25, 0.3) is 0 Å². The summed E-state index contributed by atoms with van der Waals surface area (Å²) in [7, 11) is 2.12. The second-order valence-corrected chi connectivity index (χ2v) is 6.37. The van der Waals surface area contributed by atoms with Crippen LogP contribution in [0.5, 0.6) is 5.75 Å². The summed E-state index contributed by atoms with van der Waals surface area (Å²) in [5.41, 5.74) is 1.51. The van der Waals surface area contributed by atoms with Crippen molar-refractivity contribution in [3.8, 4) is 5.75 Å². The van der Waals surface area contributed by atoms with E-state index >= 15 is 0 Å². The molecule has 0 aromatic heterocycles. The first-order valence-electron chi connectivity index (χ1n) is 5.44. The van der Waals surface area contributed by atoms with E-state index in [1.807, 2.05) is 12.1 Å². The Morgan fingerprint density at radius 1 is 1.31 bits per heavy atom. The maximum atomic E-state index is 9.40. The summed E-state index contributed by atoms with van der Waals surface area (Å²) in [6.45, 7) is 8.64. The van der Waals surface area contributed by atoms with Gasteiger partial charge in [0.1, 0.15) is 5.75 Å². The fraction of sp³-hybridized carbons (Fsp3) is 0.538. The van der Waals surface area contributed by atoms with Crippen LogP contribution in [0.15, 0.2) is 22.7 Å². The normalized spacial score (nSPS) is 12.1. The maximum Gasteiger partial charge on any atom is 0.129 e. The average Bonchev–Trinajstić information content (AvgIpc) is 2.08. The SMILES string of the molecule is CN(Cc1ccc(O)c(Br)c1)CC(C)(C)C. The molecule has 1 aromatic rings. The first-order chi connectivity index (χ1) is 7.28. The molecule has 0 bridgehead atoms. The molecule has 0 aliphatic carbocycles. The molecular weight excluding hydrogens is 266 g/mol. The third kappa shape index (κ3) is 4.54. The zero-order valence-corrected chi connectivity index (χ0v) is 12.0. The van der Waals surface area contributed by atoms with E-state index in [1.165, 1.54) is 5.56 Å². The number of rotatable bonds is 3. The Balaban J connectivity index is 2.63. The molecule has 0 unspecified atom stereocenters. The molecule has 0 aliphatic rings. The van der Waals surface area contributed by atoms with E-state index in [1.54, 1.807) is 6.07 Å². The highest BCUT2D eigenvalue weighted by atomic mass is 79.9. The quantitative estimate of drug-likeness (QED) is 0.917. The van der Waals surface area contributed by atoms with Crippen molar-refractivity contribution < 1.29 is 5.11 Å². The molecule has 0 heterocycles. The van der Waals surface area contributed by atoms with Gasteiger partial charge in [-0.05, 0) is 46.1 Å². The Kier molecular flexibility index (Phi) is 4.39. The van der Waals surface area contributed by atoms with Gasteiger partial charge in [0, 0.05) is 13.1 Å². The van der Waals surface area contributed by atoms with Crippen molar-refractivity contribution in [3.63, 3.8) is 0 Å². The van der Waals surface area contributed by atoms with Crippen LogP contribution in [0.25, 0.3) is 0 Å². The fourth-order valence-electron chi connectivity index (χ4n) is 1.83. The number of phenols is 1. The summed E-state index contributed by atoms with van der Waals surface area (Å²) in [6.07, 6.45) is 0. The molecule has 1 N–H and O–H groups in total. The molecule has 3 heteroatoms. The predicted octanol–water partition coefficient (Wildman–Crippen LogP) is 3.63. The summed E-state index contributed by atoms with van der Waals surface area (Å²) in [6, 6.07) is 5.65. The number of hydrogen-bond acceptors (Lipinski definition) is 2. The first kappa shape index (κ1) is 13.5. The number of benzene rings is 1. The van der Waals surface area contributed by atoms with Gasteiger partial charge >= 0.3 is 0 Å². The van der Waals surface area contributed by atoms with Crippen LogP contribution in [0, 0.1) is 5.41 Å². The number of aromatic hydroxyl groups is 1. The molecular formula is C13H20BrNO. The molecule has 0 aliphatic heterocycles. The molecule has 90 valence electrons. The minimum absolute atomic E-state index is 0.294. The predicted molar refractivity (Wildman–Crippen MR) is 71.6 cm³/mol. The number of halogens is 1.